The monoisotopic (exact) mass is 340 g/mol. The highest BCUT2D eigenvalue weighted by atomic mass is 16.7. The summed E-state index contributed by atoms with van der Waals surface area (Å²) in [6.45, 7) is 8.81. The van der Waals surface area contributed by atoms with Crippen LogP contribution in [0, 0.1) is 11.8 Å². The van der Waals surface area contributed by atoms with Crippen molar-refractivity contribution in [1.82, 2.24) is 0 Å². The van der Waals surface area contributed by atoms with Gasteiger partial charge in [0.2, 0.25) is 0 Å². The Morgan fingerprint density at radius 1 is 0.833 bits per heavy atom. The van der Waals surface area contributed by atoms with Crippen LogP contribution in [0.4, 0.5) is 0 Å². The fourth-order valence-electron chi connectivity index (χ4n) is 3.61. The van der Waals surface area contributed by atoms with E-state index in [1.807, 2.05) is 0 Å². The molecule has 0 spiro atoms. The van der Waals surface area contributed by atoms with Crippen LogP contribution in [-0.2, 0) is 9.47 Å². The van der Waals surface area contributed by atoms with Gasteiger partial charge in [0, 0.05) is 6.61 Å². The van der Waals surface area contributed by atoms with Crippen molar-refractivity contribution in [3.63, 3.8) is 0 Å². The zero-order chi connectivity index (χ0) is 17.5. The Morgan fingerprint density at radius 2 is 1.50 bits per heavy atom. The lowest BCUT2D eigenvalue weighted by molar-refractivity contribution is -0.168. The number of rotatable bonds is 15. The summed E-state index contributed by atoms with van der Waals surface area (Å²) in [5, 5.41) is 0. The molecule has 0 aromatic rings. The van der Waals surface area contributed by atoms with Crippen LogP contribution in [0.1, 0.15) is 111 Å². The topological polar surface area (TPSA) is 18.5 Å². The van der Waals surface area contributed by atoms with E-state index >= 15 is 0 Å². The van der Waals surface area contributed by atoms with E-state index in [9.17, 15) is 0 Å². The number of hydrogen-bond acceptors (Lipinski definition) is 2. The second-order valence-corrected chi connectivity index (χ2v) is 8.18. The Hall–Kier alpha value is -0.0800. The average molecular weight is 341 g/mol. The van der Waals surface area contributed by atoms with Gasteiger partial charge in [-0.05, 0) is 37.5 Å². The van der Waals surface area contributed by atoms with Crippen LogP contribution in [0.2, 0.25) is 0 Å². The molecule has 0 aromatic heterocycles. The van der Waals surface area contributed by atoms with E-state index in [1.54, 1.807) is 0 Å². The smallest absolute Gasteiger partial charge is 0.157 e. The Balaban J connectivity index is 1.87. The minimum absolute atomic E-state index is 0.0810. The maximum absolute atomic E-state index is 5.90. The lowest BCUT2D eigenvalue weighted by atomic mass is 9.94. The van der Waals surface area contributed by atoms with Gasteiger partial charge in [-0.1, -0.05) is 85.0 Å². The van der Waals surface area contributed by atoms with Crippen LogP contribution in [0.5, 0.6) is 0 Å². The van der Waals surface area contributed by atoms with Gasteiger partial charge in [-0.15, -0.1) is 0 Å². The van der Waals surface area contributed by atoms with Gasteiger partial charge in [-0.3, -0.25) is 0 Å². The normalized spacial score (nSPS) is 20.9. The van der Waals surface area contributed by atoms with Crippen molar-refractivity contribution >= 4 is 0 Å². The van der Waals surface area contributed by atoms with Crippen LogP contribution >= 0.6 is 0 Å². The van der Waals surface area contributed by atoms with E-state index in [0.717, 1.165) is 25.6 Å². The van der Waals surface area contributed by atoms with Crippen molar-refractivity contribution < 1.29 is 9.47 Å². The first-order valence-electron chi connectivity index (χ1n) is 11.0. The largest absolute Gasteiger partial charge is 0.353 e. The number of ether oxygens (including phenoxy) is 2. The number of unbranched alkanes of at least 4 members (excludes halogenated alkanes) is 6. The second-order valence-electron chi connectivity index (χ2n) is 8.18. The standard InChI is InChI=1S/C22H44O2/c1-4-5-6-7-8-9-10-14-20(2)15-13-16-21(3)19-24-22-17-11-12-18-23-22/h20-22H,4-19H2,1-3H3/t20-,21+,22?/m0/s1. The van der Waals surface area contributed by atoms with Gasteiger partial charge in [0.15, 0.2) is 6.29 Å². The highest BCUT2D eigenvalue weighted by Gasteiger charge is 2.15. The molecule has 0 aliphatic carbocycles. The Morgan fingerprint density at radius 3 is 2.21 bits per heavy atom. The lowest BCUT2D eigenvalue weighted by Crippen LogP contribution is -2.24. The Bertz CT molecular complexity index is 261. The molecule has 3 atom stereocenters. The maximum atomic E-state index is 5.90. The van der Waals surface area contributed by atoms with Crippen LogP contribution in [0.15, 0.2) is 0 Å². The second kappa shape index (κ2) is 15.2. The molecule has 0 aromatic carbocycles. The summed E-state index contributed by atoms with van der Waals surface area (Å²) in [5.41, 5.74) is 0. The van der Waals surface area contributed by atoms with Gasteiger partial charge >= 0.3 is 0 Å². The summed E-state index contributed by atoms with van der Waals surface area (Å²) in [6.07, 6.45) is 19.1. The predicted octanol–water partition coefficient (Wildman–Crippen LogP) is 7.11. The zero-order valence-electron chi connectivity index (χ0n) is 16.9. The van der Waals surface area contributed by atoms with Crippen LogP contribution in [-0.4, -0.2) is 19.5 Å². The summed E-state index contributed by atoms with van der Waals surface area (Å²) in [5.74, 6) is 1.57. The first-order chi connectivity index (χ1) is 11.7. The molecule has 0 saturated carbocycles. The molecule has 144 valence electrons. The molecule has 1 saturated heterocycles. The third-order valence-corrected chi connectivity index (χ3v) is 5.40. The van der Waals surface area contributed by atoms with Gasteiger partial charge in [-0.25, -0.2) is 0 Å². The molecule has 1 aliphatic heterocycles. The summed E-state index contributed by atoms with van der Waals surface area (Å²) in [6, 6.07) is 0. The van der Waals surface area contributed by atoms with Crippen LogP contribution in [0.25, 0.3) is 0 Å². The molecule has 0 N–H and O–H groups in total. The minimum Gasteiger partial charge on any atom is -0.353 e. The van der Waals surface area contributed by atoms with Crippen LogP contribution in [0.3, 0.4) is 0 Å². The third-order valence-electron chi connectivity index (χ3n) is 5.40. The first kappa shape index (κ1) is 22.0. The SMILES string of the molecule is CCCCCCCCC[C@H](C)CCC[C@@H](C)COC1CCCCO1. The Labute approximate surface area is 152 Å². The summed E-state index contributed by atoms with van der Waals surface area (Å²) >= 11 is 0. The summed E-state index contributed by atoms with van der Waals surface area (Å²) < 4.78 is 11.5. The maximum Gasteiger partial charge on any atom is 0.157 e. The molecular formula is C22H44O2. The number of hydrogen-bond donors (Lipinski definition) is 0. The van der Waals surface area contributed by atoms with E-state index in [4.69, 9.17) is 9.47 Å². The van der Waals surface area contributed by atoms with E-state index in [0.29, 0.717) is 5.92 Å². The minimum atomic E-state index is 0.0810. The molecular weight excluding hydrogens is 296 g/mol. The quantitative estimate of drug-likeness (QED) is 0.296. The molecule has 0 bridgehead atoms. The van der Waals surface area contributed by atoms with Crippen molar-refractivity contribution in [3.8, 4) is 0 Å². The first-order valence-corrected chi connectivity index (χ1v) is 11.0. The highest BCUT2D eigenvalue weighted by molar-refractivity contribution is 4.60. The van der Waals surface area contributed by atoms with Crippen molar-refractivity contribution in [2.75, 3.05) is 13.2 Å². The molecule has 2 heteroatoms. The van der Waals surface area contributed by atoms with Crippen molar-refractivity contribution in [1.29, 1.82) is 0 Å². The van der Waals surface area contributed by atoms with Gasteiger partial charge in [-0.2, -0.15) is 0 Å². The van der Waals surface area contributed by atoms with E-state index in [2.05, 4.69) is 20.8 Å². The highest BCUT2D eigenvalue weighted by Crippen LogP contribution is 2.20. The van der Waals surface area contributed by atoms with Gasteiger partial charge in [0.1, 0.15) is 0 Å². The van der Waals surface area contributed by atoms with Crippen molar-refractivity contribution in [2.45, 2.75) is 117 Å². The lowest BCUT2D eigenvalue weighted by Gasteiger charge is -2.24. The fraction of sp³-hybridized carbons (Fsp3) is 1.00. The van der Waals surface area contributed by atoms with Gasteiger partial charge < -0.3 is 9.47 Å². The van der Waals surface area contributed by atoms with E-state index in [1.165, 1.54) is 83.5 Å². The molecule has 0 amide bonds. The third kappa shape index (κ3) is 12.3. The molecule has 2 nitrogen and oxygen atoms in total. The summed E-state index contributed by atoms with van der Waals surface area (Å²) in [4.78, 5) is 0. The van der Waals surface area contributed by atoms with E-state index in [-0.39, 0.29) is 6.29 Å². The zero-order valence-corrected chi connectivity index (χ0v) is 16.9. The van der Waals surface area contributed by atoms with Crippen molar-refractivity contribution in [2.24, 2.45) is 11.8 Å². The van der Waals surface area contributed by atoms with Gasteiger partial charge in [0.25, 0.3) is 0 Å². The predicted molar refractivity (Wildman–Crippen MR) is 104 cm³/mol. The molecule has 1 rings (SSSR count). The van der Waals surface area contributed by atoms with Crippen LogP contribution < -0.4 is 0 Å². The fourth-order valence-corrected chi connectivity index (χ4v) is 3.61. The van der Waals surface area contributed by atoms with Crippen molar-refractivity contribution in [3.05, 3.63) is 0 Å². The van der Waals surface area contributed by atoms with Gasteiger partial charge in [0.05, 0.1) is 6.61 Å². The van der Waals surface area contributed by atoms with E-state index < -0.39 is 0 Å². The molecule has 1 unspecified atom stereocenters. The average Bonchev–Trinajstić information content (AvgIpc) is 2.60. The molecule has 0 radical (unpaired) electrons. The summed E-state index contributed by atoms with van der Waals surface area (Å²) in [7, 11) is 0. The molecule has 1 aliphatic rings. The molecule has 24 heavy (non-hydrogen) atoms. The Kier molecular flexibility index (Phi) is 13.9. The molecule has 1 fully saturated rings. The molecule has 1 heterocycles.